The molecule has 1 aromatic carbocycles. The molecule has 1 saturated heterocycles. The molecule has 0 spiro atoms. The molecule has 4 heteroatoms. The number of carbonyl (C=O) groups is 1. The van der Waals surface area contributed by atoms with E-state index in [1.165, 1.54) is 12.1 Å². The van der Waals surface area contributed by atoms with Crippen molar-refractivity contribution in [2.24, 2.45) is 0 Å². The summed E-state index contributed by atoms with van der Waals surface area (Å²) in [4.78, 5) is 13.4. The minimum atomic E-state index is -0.219. The third-order valence-corrected chi connectivity index (χ3v) is 3.64. The maximum absolute atomic E-state index is 12.9. The average molecular weight is 286 g/mol. The Bertz CT molecular complexity index is 396. The van der Waals surface area contributed by atoms with Crippen LogP contribution in [0.1, 0.15) is 12.0 Å². The average Bonchev–Trinajstić information content (AvgIpc) is 2.57. The zero-order chi connectivity index (χ0) is 11.5. The van der Waals surface area contributed by atoms with Crippen molar-refractivity contribution < 1.29 is 9.18 Å². The summed E-state index contributed by atoms with van der Waals surface area (Å²) in [5.74, 6) is -0.0694. The van der Waals surface area contributed by atoms with Gasteiger partial charge in [-0.05, 0) is 30.5 Å². The van der Waals surface area contributed by atoms with Crippen molar-refractivity contribution in [2.75, 3.05) is 13.1 Å². The molecule has 0 bridgehead atoms. The number of nitrogens with zero attached hydrogens (tertiary/aromatic N) is 1. The second-order valence-corrected chi connectivity index (χ2v) is 5.07. The lowest BCUT2D eigenvalue weighted by atomic mass is 10.1. The third kappa shape index (κ3) is 2.61. The number of carbonyl (C=O) groups excluding carboxylic acids is 1. The number of hydrogen-bond acceptors (Lipinski definition) is 1. The molecule has 1 aromatic rings. The van der Waals surface area contributed by atoms with E-state index in [1.807, 2.05) is 11.0 Å². The molecule has 0 saturated carbocycles. The standard InChI is InChI=1S/C12H13BrFNO/c13-11-5-7-15(12(11)16)6-4-9-2-1-3-10(14)8-9/h1-3,8,11H,4-7H2. The van der Waals surface area contributed by atoms with Crippen LogP contribution in [0.2, 0.25) is 0 Å². The van der Waals surface area contributed by atoms with E-state index in [2.05, 4.69) is 15.9 Å². The maximum Gasteiger partial charge on any atom is 0.236 e. The van der Waals surface area contributed by atoms with Crippen molar-refractivity contribution in [3.05, 3.63) is 35.6 Å². The fourth-order valence-electron chi connectivity index (χ4n) is 1.88. The largest absolute Gasteiger partial charge is 0.341 e. The van der Waals surface area contributed by atoms with E-state index in [-0.39, 0.29) is 16.6 Å². The fourth-order valence-corrected chi connectivity index (χ4v) is 2.37. The molecule has 2 rings (SSSR count). The summed E-state index contributed by atoms with van der Waals surface area (Å²) >= 11 is 3.33. The Labute approximate surface area is 103 Å². The lowest BCUT2D eigenvalue weighted by molar-refractivity contribution is -0.127. The predicted molar refractivity (Wildman–Crippen MR) is 64.0 cm³/mol. The van der Waals surface area contributed by atoms with Crippen molar-refractivity contribution in [1.82, 2.24) is 4.90 Å². The van der Waals surface area contributed by atoms with Gasteiger partial charge in [0.1, 0.15) is 5.82 Å². The highest BCUT2D eigenvalue weighted by Gasteiger charge is 2.28. The van der Waals surface area contributed by atoms with Gasteiger partial charge in [0.15, 0.2) is 0 Å². The van der Waals surface area contributed by atoms with Crippen LogP contribution in [0.15, 0.2) is 24.3 Å². The number of halogens is 2. The summed E-state index contributed by atoms with van der Waals surface area (Å²) in [6.45, 7) is 1.47. The highest BCUT2D eigenvalue weighted by molar-refractivity contribution is 9.10. The smallest absolute Gasteiger partial charge is 0.236 e. The summed E-state index contributed by atoms with van der Waals surface area (Å²) < 4.78 is 12.9. The van der Waals surface area contributed by atoms with Crippen LogP contribution in [0.25, 0.3) is 0 Å². The van der Waals surface area contributed by atoms with E-state index >= 15 is 0 Å². The molecule has 1 aliphatic rings. The molecule has 1 aliphatic heterocycles. The topological polar surface area (TPSA) is 20.3 Å². The monoisotopic (exact) mass is 285 g/mol. The molecule has 0 aromatic heterocycles. The molecular weight excluding hydrogens is 273 g/mol. The van der Waals surface area contributed by atoms with Gasteiger partial charge in [-0.1, -0.05) is 28.1 Å². The number of amides is 1. The van der Waals surface area contributed by atoms with Gasteiger partial charge in [0.25, 0.3) is 0 Å². The van der Waals surface area contributed by atoms with E-state index in [9.17, 15) is 9.18 Å². The van der Waals surface area contributed by atoms with Gasteiger partial charge >= 0.3 is 0 Å². The SMILES string of the molecule is O=C1C(Br)CCN1CCc1cccc(F)c1. The Kier molecular flexibility index (Phi) is 3.59. The maximum atomic E-state index is 12.9. The molecule has 86 valence electrons. The summed E-state index contributed by atoms with van der Waals surface area (Å²) in [5.41, 5.74) is 0.936. The van der Waals surface area contributed by atoms with Crippen molar-refractivity contribution in [2.45, 2.75) is 17.7 Å². The van der Waals surface area contributed by atoms with Crippen LogP contribution >= 0.6 is 15.9 Å². The van der Waals surface area contributed by atoms with Gasteiger partial charge < -0.3 is 4.90 Å². The van der Waals surface area contributed by atoms with Gasteiger partial charge in [0.05, 0.1) is 4.83 Å². The number of likely N-dealkylation sites (tertiary alicyclic amines) is 1. The zero-order valence-corrected chi connectivity index (χ0v) is 10.4. The van der Waals surface area contributed by atoms with Gasteiger partial charge in [0, 0.05) is 13.1 Å². The zero-order valence-electron chi connectivity index (χ0n) is 8.83. The Morgan fingerprint density at radius 3 is 2.94 bits per heavy atom. The van der Waals surface area contributed by atoms with Crippen LogP contribution in [0.5, 0.6) is 0 Å². The van der Waals surface area contributed by atoms with Crippen molar-refractivity contribution >= 4 is 21.8 Å². The van der Waals surface area contributed by atoms with Crippen LogP contribution in [0.3, 0.4) is 0 Å². The minimum absolute atomic E-state index is 0.0278. The number of alkyl halides is 1. The van der Waals surface area contributed by atoms with Gasteiger partial charge in [-0.2, -0.15) is 0 Å². The van der Waals surface area contributed by atoms with Crippen LogP contribution < -0.4 is 0 Å². The molecule has 2 nitrogen and oxygen atoms in total. The van der Waals surface area contributed by atoms with Crippen LogP contribution in [-0.2, 0) is 11.2 Å². The second-order valence-electron chi connectivity index (χ2n) is 3.96. The van der Waals surface area contributed by atoms with Crippen molar-refractivity contribution in [1.29, 1.82) is 0 Å². The van der Waals surface area contributed by atoms with E-state index in [0.29, 0.717) is 13.0 Å². The Hall–Kier alpha value is -0.900. The van der Waals surface area contributed by atoms with Crippen LogP contribution in [0.4, 0.5) is 4.39 Å². The minimum Gasteiger partial charge on any atom is -0.341 e. The van der Waals surface area contributed by atoms with Crippen LogP contribution in [0, 0.1) is 5.82 Å². The molecule has 16 heavy (non-hydrogen) atoms. The lowest BCUT2D eigenvalue weighted by Gasteiger charge is -2.15. The molecule has 1 heterocycles. The second kappa shape index (κ2) is 4.95. The van der Waals surface area contributed by atoms with Crippen molar-refractivity contribution in [3.8, 4) is 0 Å². The van der Waals surface area contributed by atoms with Gasteiger partial charge in [-0.25, -0.2) is 4.39 Å². The summed E-state index contributed by atoms with van der Waals surface area (Å²) in [5, 5.41) is 0. The van der Waals surface area contributed by atoms with E-state index in [1.54, 1.807) is 6.07 Å². The number of hydrogen-bond donors (Lipinski definition) is 0. The first kappa shape index (κ1) is 11.6. The summed E-state index contributed by atoms with van der Waals surface area (Å²) in [7, 11) is 0. The lowest BCUT2D eigenvalue weighted by Crippen LogP contribution is -2.29. The highest BCUT2D eigenvalue weighted by atomic mass is 79.9. The Balaban J connectivity index is 1.90. The predicted octanol–water partition coefficient (Wildman–Crippen LogP) is 2.36. The van der Waals surface area contributed by atoms with E-state index in [0.717, 1.165) is 18.5 Å². The van der Waals surface area contributed by atoms with Gasteiger partial charge in [-0.3, -0.25) is 4.79 Å². The first-order chi connectivity index (χ1) is 7.66. The molecule has 1 amide bonds. The Morgan fingerprint density at radius 1 is 1.50 bits per heavy atom. The molecule has 0 radical (unpaired) electrons. The van der Waals surface area contributed by atoms with Gasteiger partial charge in [0.2, 0.25) is 5.91 Å². The fraction of sp³-hybridized carbons (Fsp3) is 0.417. The number of benzene rings is 1. The summed E-state index contributed by atoms with van der Waals surface area (Å²) in [6, 6.07) is 6.53. The van der Waals surface area contributed by atoms with E-state index in [4.69, 9.17) is 0 Å². The molecule has 0 N–H and O–H groups in total. The third-order valence-electron chi connectivity index (χ3n) is 2.79. The van der Waals surface area contributed by atoms with E-state index < -0.39 is 0 Å². The highest BCUT2D eigenvalue weighted by Crippen LogP contribution is 2.18. The van der Waals surface area contributed by atoms with Crippen molar-refractivity contribution in [3.63, 3.8) is 0 Å². The molecule has 1 atom stereocenters. The first-order valence-electron chi connectivity index (χ1n) is 5.34. The molecule has 1 unspecified atom stereocenters. The Morgan fingerprint density at radius 2 is 2.31 bits per heavy atom. The van der Waals surface area contributed by atoms with Gasteiger partial charge in [-0.15, -0.1) is 0 Å². The van der Waals surface area contributed by atoms with Crippen LogP contribution in [-0.4, -0.2) is 28.7 Å². The molecule has 1 fully saturated rings. The molecule has 0 aliphatic carbocycles. The summed E-state index contributed by atoms with van der Waals surface area (Å²) in [6.07, 6.45) is 1.57. The number of rotatable bonds is 3. The normalized spacial score (nSPS) is 20.5. The molecular formula is C12H13BrFNO. The first-order valence-corrected chi connectivity index (χ1v) is 6.25. The quantitative estimate of drug-likeness (QED) is 0.781.